The maximum atomic E-state index is 12.8. The summed E-state index contributed by atoms with van der Waals surface area (Å²) in [6.07, 6.45) is 1.55. The van der Waals surface area contributed by atoms with E-state index in [2.05, 4.69) is 20.2 Å². The molecule has 0 saturated carbocycles. The number of nitrogens with one attached hydrogen (secondary N) is 1. The molecule has 1 aliphatic heterocycles. The topological polar surface area (TPSA) is 98.3 Å². The summed E-state index contributed by atoms with van der Waals surface area (Å²) in [5, 5.41) is 2.93. The van der Waals surface area contributed by atoms with Crippen molar-refractivity contribution in [3.8, 4) is 34.3 Å². The van der Waals surface area contributed by atoms with E-state index < -0.39 is 0 Å². The minimum Gasteiger partial charge on any atom is -0.497 e. The number of carbonyl (C=O) groups is 1. The van der Waals surface area contributed by atoms with Gasteiger partial charge in [-0.1, -0.05) is 0 Å². The van der Waals surface area contributed by atoms with Crippen molar-refractivity contribution in [1.82, 2.24) is 14.9 Å². The molecule has 2 heterocycles. The molecule has 0 spiro atoms. The van der Waals surface area contributed by atoms with E-state index in [1.165, 1.54) is 0 Å². The predicted octanol–water partition coefficient (Wildman–Crippen LogP) is 3.53. The van der Waals surface area contributed by atoms with E-state index in [9.17, 15) is 4.79 Å². The number of piperazine rings is 1. The van der Waals surface area contributed by atoms with Crippen molar-refractivity contribution in [2.24, 2.45) is 0 Å². The van der Waals surface area contributed by atoms with Crippen molar-refractivity contribution in [2.75, 3.05) is 64.8 Å². The molecule has 4 rings (SSSR count). The maximum Gasteiger partial charge on any atom is 0.322 e. The molecular formula is C25H29N5O5. The normalized spacial score (nSPS) is 13.3. The minimum absolute atomic E-state index is 0.179. The van der Waals surface area contributed by atoms with E-state index in [0.717, 1.165) is 17.1 Å². The van der Waals surface area contributed by atoms with E-state index in [0.29, 0.717) is 54.9 Å². The Morgan fingerprint density at radius 1 is 0.800 bits per heavy atom. The fraction of sp³-hybridized carbons (Fsp3) is 0.320. The summed E-state index contributed by atoms with van der Waals surface area (Å²) < 4.78 is 21.3. The Bertz CT molecular complexity index is 1180. The molecule has 1 aromatic heterocycles. The first kappa shape index (κ1) is 23.9. The van der Waals surface area contributed by atoms with Gasteiger partial charge in [-0.15, -0.1) is 0 Å². The van der Waals surface area contributed by atoms with Gasteiger partial charge in [0.05, 0.1) is 39.8 Å². The monoisotopic (exact) mass is 479 g/mol. The summed E-state index contributed by atoms with van der Waals surface area (Å²) in [4.78, 5) is 25.6. The standard InChI is InChI=1S/C25H29N5O5/c1-32-18-6-7-19(22(14-18)34-3)28-25(31)30-11-9-29(10-12-30)24-15-20(26-16-27-24)17-5-8-21(33-2)23(13-17)35-4/h5-8,13-16H,9-12H2,1-4H3,(H,28,31). The molecule has 0 radical (unpaired) electrons. The lowest BCUT2D eigenvalue weighted by atomic mass is 10.1. The Labute approximate surface area is 204 Å². The highest BCUT2D eigenvalue weighted by Gasteiger charge is 2.23. The average molecular weight is 480 g/mol. The van der Waals surface area contributed by atoms with Crippen LogP contribution in [0.5, 0.6) is 23.0 Å². The number of benzene rings is 2. The van der Waals surface area contributed by atoms with Gasteiger partial charge in [0.1, 0.15) is 23.6 Å². The van der Waals surface area contributed by atoms with Crippen LogP contribution in [0.3, 0.4) is 0 Å². The Hall–Kier alpha value is -4.21. The third kappa shape index (κ3) is 5.32. The Morgan fingerprint density at radius 3 is 2.23 bits per heavy atom. The van der Waals surface area contributed by atoms with E-state index in [1.807, 2.05) is 24.3 Å². The molecule has 1 saturated heterocycles. The number of rotatable bonds is 7. The van der Waals surface area contributed by atoms with Crippen LogP contribution in [0.1, 0.15) is 0 Å². The number of ether oxygens (including phenoxy) is 4. The summed E-state index contributed by atoms with van der Waals surface area (Å²) in [7, 11) is 6.35. The van der Waals surface area contributed by atoms with Crippen LogP contribution in [-0.4, -0.2) is 75.5 Å². The summed E-state index contributed by atoms with van der Waals surface area (Å²) in [5.74, 6) is 3.30. The highest BCUT2D eigenvalue weighted by atomic mass is 16.5. The number of carbonyl (C=O) groups excluding carboxylic acids is 1. The summed E-state index contributed by atoms with van der Waals surface area (Å²) >= 11 is 0. The van der Waals surface area contributed by atoms with Gasteiger partial charge in [-0.05, 0) is 30.3 Å². The van der Waals surface area contributed by atoms with Crippen molar-refractivity contribution in [1.29, 1.82) is 0 Å². The zero-order valence-corrected chi connectivity index (χ0v) is 20.3. The number of amides is 2. The van der Waals surface area contributed by atoms with Crippen LogP contribution < -0.4 is 29.2 Å². The van der Waals surface area contributed by atoms with Crippen LogP contribution in [0.2, 0.25) is 0 Å². The molecule has 10 heteroatoms. The first-order chi connectivity index (χ1) is 17.1. The SMILES string of the molecule is COc1ccc(NC(=O)N2CCN(c3cc(-c4ccc(OC)c(OC)c4)ncn3)CC2)c(OC)c1. The number of aromatic nitrogens is 2. The fourth-order valence-electron chi connectivity index (χ4n) is 3.91. The smallest absolute Gasteiger partial charge is 0.322 e. The molecule has 1 aliphatic rings. The third-order valence-electron chi connectivity index (χ3n) is 5.87. The van der Waals surface area contributed by atoms with Gasteiger partial charge in [-0.3, -0.25) is 0 Å². The Morgan fingerprint density at radius 2 is 1.54 bits per heavy atom. The van der Waals surface area contributed by atoms with Crippen molar-refractivity contribution in [3.63, 3.8) is 0 Å². The van der Waals surface area contributed by atoms with Gasteiger partial charge in [0.15, 0.2) is 11.5 Å². The molecular weight excluding hydrogens is 450 g/mol. The van der Waals surface area contributed by atoms with Gasteiger partial charge < -0.3 is 34.1 Å². The molecule has 35 heavy (non-hydrogen) atoms. The van der Waals surface area contributed by atoms with E-state index >= 15 is 0 Å². The lowest BCUT2D eigenvalue weighted by Crippen LogP contribution is -2.50. The quantitative estimate of drug-likeness (QED) is 0.550. The molecule has 184 valence electrons. The number of anilines is 2. The van der Waals surface area contributed by atoms with Crippen LogP contribution in [0.25, 0.3) is 11.3 Å². The van der Waals surface area contributed by atoms with Gasteiger partial charge in [-0.25, -0.2) is 14.8 Å². The molecule has 0 atom stereocenters. The van der Waals surface area contributed by atoms with Gasteiger partial charge >= 0.3 is 6.03 Å². The molecule has 10 nitrogen and oxygen atoms in total. The van der Waals surface area contributed by atoms with Crippen molar-refractivity contribution in [2.45, 2.75) is 0 Å². The summed E-state index contributed by atoms with van der Waals surface area (Å²) in [6, 6.07) is 12.7. The van der Waals surface area contributed by atoms with Crippen molar-refractivity contribution in [3.05, 3.63) is 48.8 Å². The highest BCUT2D eigenvalue weighted by molar-refractivity contribution is 5.91. The minimum atomic E-state index is -0.179. The van der Waals surface area contributed by atoms with Gasteiger partial charge in [0.25, 0.3) is 0 Å². The van der Waals surface area contributed by atoms with Crippen LogP contribution in [0.15, 0.2) is 48.8 Å². The van der Waals surface area contributed by atoms with E-state index in [4.69, 9.17) is 18.9 Å². The van der Waals surface area contributed by atoms with Gasteiger partial charge in [-0.2, -0.15) is 0 Å². The summed E-state index contributed by atoms with van der Waals surface area (Å²) in [6.45, 7) is 2.41. The van der Waals surface area contributed by atoms with E-state index in [-0.39, 0.29) is 6.03 Å². The first-order valence-corrected chi connectivity index (χ1v) is 11.1. The third-order valence-corrected chi connectivity index (χ3v) is 5.87. The second-order valence-electron chi connectivity index (χ2n) is 7.80. The zero-order valence-electron chi connectivity index (χ0n) is 20.3. The Kier molecular flexibility index (Phi) is 7.39. The van der Waals surface area contributed by atoms with Gasteiger partial charge in [0.2, 0.25) is 0 Å². The van der Waals surface area contributed by atoms with Crippen LogP contribution in [-0.2, 0) is 0 Å². The molecule has 1 fully saturated rings. The molecule has 0 unspecified atom stereocenters. The van der Waals surface area contributed by atoms with Crippen molar-refractivity contribution >= 4 is 17.5 Å². The summed E-state index contributed by atoms with van der Waals surface area (Å²) in [5.41, 5.74) is 2.27. The van der Waals surface area contributed by atoms with Crippen molar-refractivity contribution < 1.29 is 23.7 Å². The number of nitrogens with zero attached hydrogens (tertiary/aromatic N) is 4. The second kappa shape index (κ2) is 10.8. The fourth-order valence-corrected chi connectivity index (χ4v) is 3.91. The first-order valence-electron chi connectivity index (χ1n) is 11.1. The maximum absolute atomic E-state index is 12.8. The molecule has 0 bridgehead atoms. The second-order valence-corrected chi connectivity index (χ2v) is 7.80. The van der Waals surface area contributed by atoms with Gasteiger partial charge in [0, 0.05) is 43.9 Å². The van der Waals surface area contributed by atoms with Crippen LogP contribution in [0, 0.1) is 0 Å². The predicted molar refractivity (Wildman–Crippen MR) is 133 cm³/mol. The molecule has 2 aromatic carbocycles. The number of urea groups is 1. The number of hydrogen-bond acceptors (Lipinski definition) is 8. The molecule has 3 aromatic rings. The zero-order chi connectivity index (χ0) is 24.8. The van der Waals surface area contributed by atoms with E-state index in [1.54, 1.807) is 57.9 Å². The lowest BCUT2D eigenvalue weighted by Gasteiger charge is -2.35. The molecule has 1 N–H and O–H groups in total. The molecule has 0 aliphatic carbocycles. The number of hydrogen-bond donors (Lipinski definition) is 1. The highest BCUT2D eigenvalue weighted by Crippen LogP contribution is 2.32. The lowest BCUT2D eigenvalue weighted by molar-refractivity contribution is 0.208. The van der Waals surface area contributed by atoms with Crippen LogP contribution >= 0.6 is 0 Å². The van der Waals surface area contributed by atoms with Crippen LogP contribution in [0.4, 0.5) is 16.3 Å². The Balaban J connectivity index is 1.41. The average Bonchev–Trinajstić information content (AvgIpc) is 2.92. The molecule has 2 amide bonds. The largest absolute Gasteiger partial charge is 0.497 e. The number of methoxy groups -OCH3 is 4.